The zero-order valence-electron chi connectivity index (χ0n) is 18.5. The van der Waals surface area contributed by atoms with Crippen LogP contribution in [0.2, 0.25) is 0 Å². The van der Waals surface area contributed by atoms with E-state index in [0.717, 1.165) is 22.7 Å². The second-order valence-corrected chi connectivity index (χ2v) is 9.60. The number of amides is 1. The summed E-state index contributed by atoms with van der Waals surface area (Å²) in [5, 5.41) is 2.84. The van der Waals surface area contributed by atoms with E-state index in [1.165, 1.54) is 25.7 Å². The molecule has 0 saturated heterocycles. The molecule has 1 amide bonds. The topological polar surface area (TPSA) is 75.7 Å². The van der Waals surface area contributed by atoms with Gasteiger partial charge in [-0.2, -0.15) is 0 Å². The van der Waals surface area contributed by atoms with Gasteiger partial charge in [-0.1, -0.05) is 48.5 Å². The lowest BCUT2D eigenvalue weighted by molar-refractivity contribution is 0.102. The van der Waals surface area contributed by atoms with E-state index in [2.05, 4.69) is 17.4 Å². The fourth-order valence-corrected chi connectivity index (χ4v) is 4.39. The zero-order chi connectivity index (χ0) is 23.1. The van der Waals surface area contributed by atoms with E-state index >= 15 is 0 Å². The highest BCUT2D eigenvalue weighted by atomic mass is 32.2. The molecule has 7 heteroatoms. The summed E-state index contributed by atoms with van der Waals surface area (Å²) in [5.41, 5.74) is 3.08. The van der Waals surface area contributed by atoms with Crippen LogP contribution in [0.1, 0.15) is 28.4 Å². The number of rotatable bonds is 9. The van der Waals surface area contributed by atoms with Crippen LogP contribution in [-0.4, -0.2) is 39.3 Å². The number of sulfonamides is 1. The highest BCUT2D eigenvalue weighted by Crippen LogP contribution is 2.29. The van der Waals surface area contributed by atoms with E-state index in [9.17, 15) is 13.2 Å². The van der Waals surface area contributed by atoms with Gasteiger partial charge >= 0.3 is 0 Å². The molecule has 0 unspecified atom stereocenters. The van der Waals surface area contributed by atoms with Gasteiger partial charge in [0.1, 0.15) is 10.6 Å². The molecular weight excluding hydrogens is 424 g/mol. The maximum atomic E-state index is 13.0. The first kappa shape index (κ1) is 23.5. The molecular formula is C25H28N2O4S. The average Bonchev–Trinajstić information content (AvgIpc) is 2.79. The van der Waals surface area contributed by atoms with Crippen LogP contribution in [0.4, 0.5) is 5.69 Å². The Hall–Kier alpha value is -3.16. The molecule has 0 radical (unpaired) electrons. The van der Waals surface area contributed by atoms with E-state index in [1.54, 1.807) is 25.1 Å². The highest BCUT2D eigenvalue weighted by Gasteiger charge is 2.23. The fraction of sp³-hybridized carbons (Fsp3) is 0.240. The summed E-state index contributed by atoms with van der Waals surface area (Å²) in [6.45, 7) is 2.12. The number of carbonyl (C=O) groups excluding carboxylic acids is 1. The third-order valence-electron chi connectivity index (χ3n) is 5.05. The lowest BCUT2D eigenvalue weighted by Crippen LogP contribution is -2.23. The molecule has 3 rings (SSSR count). The zero-order valence-corrected chi connectivity index (χ0v) is 19.4. The average molecular weight is 453 g/mol. The third kappa shape index (κ3) is 5.55. The van der Waals surface area contributed by atoms with Crippen molar-refractivity contribution in [3.05, 3.63) is 89.5 Å². The highest BCUT2D eigenvalue weighted by molar-refractivity contribution is 7.89. The Morgan fingerprint density at radius 1 is 0.938 bits per heavy atom. The van der Waals surface area contributed by atoms with Crippen LogP contribution in [-0.2, 0) is 22.9 Å². The third-order valence-corrected chi connectivity index (χ3v) is 6.88. The van der Waals surface area contributed by atoms with Crippen molar-refractivity contribution in [3.8, 4) is 5.75 Å². The van der Waals surface area contributed by atoms with Gasteiger partial charge in [-0.3, -0.25) is 4.79 Å². The van der Waals surface area contributed by atoms with Crippen LogP contribution in [0.5, 0.6) is 5.75 Å². The molecule has 0 saturated carbocycles. The largest absolute Gasteiger partial charge is 0.492 e. The van der Waals surface area contributed by atoms with Crippen LogP contribution in [0.15, 0.2) is 77.7 Å². The van der Waals surface area contributed by atoms with Crippen LogP contribution in [0.3, 0.4) is 0 Å². The van der Waals surface area contributed by atoms with E-state index in [-0.39, 0.29) is 16.6 Å². The molecule has 32 heavy (non-hydrogen) atoms. The molecule has 0 spiro atoms. The van der Waals surface area contributed by atoms with Crippen molar-refractivity contribution in [1.29, 1.82) is 0 Å². The summed E-state index contributed by atoms with van der Waals surface area (Å²) in [6.07, 6.45) is 1.54. The Bertz CT molecular complexity index is 1180. The van der Waals surface area contributed by atoms with Crippen molar-refractivity contribution in [2.75, 3.05) is 26.0 Å². The minimum Gasteiger partial charge on any atom is -0.492 e. The minimum absolute atomic E-state index is 0.0134. The molecule has 0 heterocycles. The second kappa shape index (κ2) is 10.4. The molecule has 0 aliphatic rings. The number of nitrogens with one attached hydrogen (secondary N) is 1. The lowest BCUT2D eigenvalue weighted by atomic mass is 9.99. The van der Waals surface area contributed by atoms with Crippen molar-refractivity contribution in [2.45, 2.75) is 24.7 Å². The number of benzene rings is 3. The van der Waals surface area contributed by atoms with Gasteiger partial charge in [0.05, 0.1) is 6.61 Å². The molecule has 0 aliphatic carbocycles. The van der Waals surface area contributed by atoms with Crippen LogP contribution < -0.4 is 10.1 Å². The lowest BCUT2D eigenvalue weighted by Gasteiger charge is -2.17. The Kier molecular flexibility index (Phi) is 7.66. The first-order valence-electron chi connectivity index (χ1n) is 10.5. The Morgan fingerprint density at radius 2 is 1.62 bits per heavy atom. The van der Waals surface area contributed by atoms with Crippen molar-refractivity contribution in [2.24, 2.45) is 0 Å². The standard InChI is InChI=1S/C25H28N2O4S/c1-4-31-23-17-16-21(18-24(23)32(29,30)27(2)3)26-25(28)22-13-9-8-12-20(22)15-14-19-10-6-5-7-11-19/h5-13,16-18H,4,14-15H2,1-3H3,(H,26,28). The molecule has 0 atom stereocenters. The molecule has 0 aliphatic heterocycles. The van der Waals surface area contributed by atoms with Crippen LogP contribution in [0, 0.1) is 0 Å². The summed E-state index contributed by atoms with van der Waals surface area (Å²) in [7, 11) is -0.828. The molecule has 3 aromatic rings. The smallest absolute Gasteiger partial charge is 0.255 e. The summed E-state index contributed by atoms with van der Waals surface area (Å²) in [5.74, 6) is -0.0338. The second-order valence-electron chi connectivity index (χ2n) is 7.48. The first-order valence-corrected chi connectivity index (χ1v) is 11.9. The Labute approximate surface area is 189 Å². The first-order chi connectivity index (χ1) is 15.3. The summed E-state index contributed by atoms with van der Waals surface area (Å²) >= 11 is 0. The number of hydrogen-bond donors (Lipinski definition) is 1. The monoisotopic (exact) mass is 452 g/mol. The number of anilines is 1. The maximum absolute atomic E-state index is 13.0. The number of ether oxygens (including phenoxy) is 1. The van der Waals surface area contributed by atoms with Crippen molar-refractivity contribution < 1.29 is 17.9 Å². The van der Waals surface area contributed by atoms with Crippen LogP contribution in [0.25, 0.3) is 0 Å². The summed E-state index contributed by atoms with van der Waals surface area (Å²) < 4.78 is 32.1. The quantitative estimate of drug-likeness (QED) is 0.523. The van der Waals surface area contributed by atoms with E-state index < -0.39 is 10.0 Å². The molecule has 6 nitrogen and oxygen atoms in total. The van der Waals surface area contributed by atoms with Gasteiger partial charge < -0.3 is 10.1 Å². The molecule has 0 aromatic heterocycles. The number of hydrogen-bond acceptors (Lipinski definition) is 4. The van der Waals surface area contributed by atoms with E-state index in [4.69, 9.17) is 4.74 Å². The Morgan fingerprint density at radius 3 is 2.31 bits per heavy atom. The van der Waals surface area contributed by atoms with E-state index in [1.807, 2.05) is 36.4 Å². The molecule has 0 bridgehead atoms. The van der Waals surface area contributed by atoms with Gasteiger partial charge in [0, 0.05) is 25.3 Å². The Balaban J connectivity index is 1.85. The molecule has 0 fully saturated rings. The van der Waals surface area contributed by atoms with Gasteiger partial charge in [-0.25, -0.2) is 12.7 Å². The van der Waals surface area contributed by atoms with Crippen molar-refractivity contribution in [3.63, 3.8) is 0 Å². The maximum Gasteiger partial charge on any atom is 0.255 e. The molecule has 1 N–H and O–H groups in total. The van der Waals surface area contributed by atoms with E-state index in [0.29, 0.717) is 17.9 Å². The van der Waals surface area contributed by atoms with Gasteiger partial charge in [-0.15, -0.1) is 0 Å². The van der Waals surface area contributed by atoms with Gasteiger partial charge in [-0.05, 0) is 55.2 Å². The summed E-state index contributed by atoms with van der Waals surface area (Å²) in [4.78, 5) is 13.1. The molecule has 168 valence electrons. The van der Waals surface area contributed by atoms with Crippen LogP contribution >= 0.6 is 0 Å². The number of carbonyl (C=O) groups is 1. The van der Waals surface area contributed by atoms with Crippen molar-refractivity contribution >= 4 is 21.6 Å². The fourth-order valence-electron chi connectivity index (χ4n) is 3.34. The summed E-state index contributed by atoms with van der Waals surface area (Å²) in [6, 6.07) is 22.2. The normalized spacial score (nSPS) is 11.4. The minimum atomic E-state index is -3.74. The van der Waals surface area contributed by atoms with Gasteiger partial charge in [0.15, 0.2) is 0 Å². The predicted molar refractivity (Wildman–Crippen MR) is 127 cm³/mol. The molecule has 3 aromatic carbocycles. The number of aryl methyl sites for hydroxylation is 2. The van der Waals surface area contributed by atoms with Gasteiger partial charge in [0.2, 0.25) is 10.0 Å². The van der Waals surface area contributed by atoms with Crippen molar-refractivity contribution in [1.82, 2.24) is 4.31 Å². The number of nitrogens with zero attached hydrogens (tertiary/aromatic N) is 1. The predicted octanol–water partition coefficient (Wildman–Crippen LogP) is 4.37. The SMILES string of the molecule is CCOc1ccc(NC(=O)c2ccccc2CCc2ccccc2)cc1S(=O)(=O)N(C)C. The van der Waals surface area contributed by atoms with Gasteiger partial charge in [0.25, 0.3) is 5.91 Å².